The molecule has 0 radical (unpaired) electrons. The van der Waals surface area contributed by atoms with Gasteiger partial charge in [-0.1, -0.05) is 36.4 Å². The fourth-order valence-corrected chi connectivity index (χ4v) is 4.09. The first-order chi connectivity index (χ1) is 15.3. The monoisotopic (exact) mass is 422 g/mol. The molecule has 0 aliphatic carbocycles. The molecule has 6 nitrogen and oxygen atoms in total. The van der Waals surface area contributed by atoms with Crippen LogP contribution in [0, 0.1) is 0 Å². The minimum atomic E-state index is 0.673. The summed E-state index contributed by atoms with van der Waals surface area (Å²) in [4.78, 5) is 7.31. The van der Waals surface area contributed by atoms with Crippen molar-refractivity contribution in [2.75, 3.05) is 46.0 Å². The Bertz CT molecular complexity index is 878. The molecule has 4 rings (SSSR count). The van der Waals surface area contributed by atoms with Crippen LogP contribution in [0.5, 0.6) is 5.75 Å². The molecule has 0 atom stereocenters. The maximum atomic E-state index is 5.61. The third-order valence-corrected chi connectivity index (χ3v) is 5.83. The van der Waals surface area contributed by atoms with Crippen molar-refractivity contribution in [2.45, 2.75) is 32.9 Å². The molecule has 0 unspecified atom stereocenters. The molecule has 0 spiro atoms. The topological polar surface area (TPSA) is 58.1 Å². The fraction of sp³-hybridized carbons (Fsp3) is 0.480. The average molecular weight is 423 g/mol. The summed E-state index contributed by atoms with van der Waals surface area (Å²) >= 11 is 0. The van der Waals surface area contributed by atoms with Gasteiger partial charge in [0.15, 0.2) is 5.96 Å². The molecule has 1 fully saturated rings. The van der Waals surface area contributed by atoms with Crippen molar-refractivity contribution in [3.05, 3.63) is 64.7 Å². The van der Waals surface area contributed by atoms with Crippen LogP contribution < -0.4 is 15.4 Å². The molecule has 2 aromatic carbocycles. The van der Waals surface area contributed by atoms with Crippen LogP contribution in [0.4, 0.5) is 0 Å². The van der Waals surface area contributed by atoms with E-state index < -0.39 is 0 Å². The van der Waals surface area contributed by atoms with E-state index in [2.05, 4.69) is 64.9 Å². The van der Waals surface area contributed by atoms with Gasteiger partial charge in [0.1, 0.15) is 5.75 Å². The summed E-state index contributed by atoms with van der Waals surface area (Å²) in [6, 6.07) is 15.2. The van der Waals surface area contributed by atoms with Gasteiger partial charge in [-0.2, -0.15) is 0 Å². The van der Waals surface area contributed by atoms with E-state index >= 15 is 0 Å². The predicted octanol–water partition coefficient (Wildman–Crippen LogP) is 2.75. The molecular formula is C25H34N4O2. The number of aliphatic imine (C=N–C) groups is 1. The number of benzene rings is 2. The van der Waals surface area contributed by atoms with Gasteiger partial charge in [-0.3, -0.25) is 4.90 Å². The third-order valence-electron chi connectivity index (χ3n) is 5.83. The van der Waals surface area contributed by atoms with E-state index in [1.54, 1.807) is 0 Å². The van der Waals surface area contributed by atoms with E-state index in [9.17, 15) is 0 Å². The molecule has 6 heteroatoms. The molecule has 0 amide bonds. The first-order valence-electron chi connectivity index (χ1n) is 11.5. The number of nitrogens with one attached hydrogen (secondary N) is 2. The minimum absolute atomic E-state index is 0.673. The van der Waals surface area contributed by atoms with E-state index in [1.807, 2.05) is 0 Å². The number of ether oxygens (including phenoxy) is 2. The Kier molecular flexibility index (Phi) is 7.80. The van der Waals surface area contributed by atoms with Gasteiger partial charge in [-0.25, -0.2) is 4.99 Å². The molecule has 1 saturated heterocycles. The first kappa shape index (κ1) is 21.7. The number of hydrogen-bond acceptors (Lipinski definition) is 4. The molecule has 31 heavy (non-hydrogen) atoms. The van der Waals surface area contributed by atoms with E-state index in [4.69, 9.17) is 14.5 Å². The van der Waals surface area contributed by atoms with Crippen LogP contribution in [0.15, 0.2) is 47.5 Å². The molecule has 0 bridgehead atoms. The van der Waals surface area contributed by atoms with E-state index in [0.29, 0.717) is 6.54 Å². The van der Waals surface area contributed by atoms with Crippen LogP contribution >= 0.6 is 0 Å². The van der Waals surface area contributed by atoms with Crippen molar-refractivity contribution in [3.63, 3.8) is 0 Å². The lowest BCUT2D eigenvalue weighted by Crippen LogP contribution is -2.38. The Morgan fingerprint density at radius 2 is 1.87 bits per heavy atom. The molecule has 2 aliphatic heterocycles. The second-order valence-electron chi connectivity index (χ2n) is 8.07. The normalized spacial score (nSPS) is 16.6. The molecule has 0 saturated carbocycles. The van der Waals surface area contributed by atoms with Crippen molar-refractivity contribution < 1.29 is 9.47 Å². The van der Waals surface area contributed by atoms with Crippen LogP contribution in [0.3, 0.4) is 0 Å². The van der Waals surface area contributed by atoms with Gasteiger partial charge < -0.3 is 20.1 Å². The second kappa shape index (κ2) is 11.2. The van der Waals surface area contributed by atoms with Gasteiger partial charge in [-0.15, -0.1) is 0 Å². The summed E-state index contributed by atoms with van der Waals surface area (Å²) in [6.45, 7) is 9.88. The highest BCUT2D eigenvalue weighted by Gasteiger charge is 2.13. The van der Waals surface area contributed by atoms with E-state index in [1.165, 1.54) is 22.3 Å². The van der Waals surface area contributed by atoms with Crippen molar-refractivity contribution in [1.29, 1.82) is 0 Å². The summed E-state index contributed by atoms with van der Waals surface area (Å²) in [5.41, 5.74) is 5.30. The summed E-state index contributed by atoms with van der Waals surface area (Å²) in [6.07, 6.45) is 1.98. The molecular weight excluding hydrogens is 388 g/mol. The van der Waals surface area contributed by atoms with Crippen LogP contribution in [-0.4, -0.2) is 56.9 Å². The Labute approximate surface area is 185 Å². The molecule has 2 aromatic rings. The number of morpholine rings is 1. The van der Waals surface area contributed by atoms with Crippen molar-refractivity contribution >= 4 is 5.96 Å². The highest BCUT2D eigenvalue weighted by atomic mass is 16.5. The van der Waals surface area contributed by atoms with Crippen LogP contribution in [0.2, 0.25) is 0 Å². The molecule has 2 heterocycles. The van der Waals surface area contributed by atoms with Gasteiger partial charge in [0.05, 0.1) is 26.4 Å². The number of hydrogen-bond donors (Lipinski definition) is 2. The van der Waals surface area contributed by atoms with Gasteiger partial charge in [-0.05, 0) is 41.7 Å². The second-order valence-corrected chi connectivity index (χ2v) is 8.07. The summed E-state index contributed by atoms with van der Waals surface area (Å²) in [7, 11) is 0. The smallest absolute Gasteiger partial charge is 0.191 e. The lowest BCUT2D eigenvalue weighted by molar-refractivity contribution is 0.0341. The highest BCUT2D eigenvalue weighted by Crippen LogP contribution is 2.25. The number of guanidine groups is 1. The summed E-state index contributed by atoms with van der Waals surface area (Å²) in [5, 5.41) is 6.86. The van der Waals surface area contributed by atoms with Crippen molar-refractivity contribution in [1.82, 2.24) is 15.5 Å². The van der Waals surface area contributed by atoms with Crippen LogP contribution in [0.25, 0.3) is 0 Å². The Morgan fingerprint density at radius 3 is 2.71 bits per heavy atom. The quantitative estimate of drug-likeness (QED) is 0.506. The average Bonchev–Trinajstić information content (AvgIpc) is 3.27. The van der Waals surface area contributed by atoms with Gasteiger partial charge in [0.2, 0.25) is 0 Å². The Hall–Kier alpha value is -2.57. The highest BCUT2D eigenvalue weighted by molar-refractivity contribution is 5.79. The maximum Gasteiger partial charge on any atom is 0.191 e. The molecule has 166 valence electrons. The zero-order valence-electron chi connectivity index (χ0n) is 18.5. The van der Waals surface area contributed by atoms with Crippen molar-refractivity contribution in [2.24, 2.45) is 4.99 Å². The lowest BCUT2D eigenvalue weighted by atomic mass is 10.1. The van der Waals surface area contributed by atoms with Crippen LogP contribution in [-0.2, 0) is 30.7 Å². The zero-order chi connectivity index (χ0) is 21.3. The van der Waals surface area contributed by atoms with E-state index in [0.717, 1.165) is 77.1 Å². The number of nitrogens with zero attached hydrogens (tertiary/aromatic N) is 2. The zero-order valence-corrected chi connectivity index (χ0v) is 18.5. The lowest BCUT2D eigenvalue weighted by Gasteiger charge is -2.27. The summed E-state index contributed by atoms with van der Waals surface area (Å²) in [5.74, 6) is 1.91. The number of rotatable bonds is 8. The Balaban J connectivity index is 1.33. The fourth-order valence-electron chi connectivity index (χ4n) is 4.09. The number of fused-ring (bicyclic) bond motifs is 1. The first-order valence-corrected chi connectivity index (χ1v) is 11.5. The molecule has 2 aliphatic rings. The van der Waals surface area contributed by atoms with Crippen LogP contribution in [0.1, 0.15) is 29.2 Å². The van der Waals surface area contributed by atoms with Gasteiger partial charge >= 0.3 is 0 Å². The minimum Gasteiger partial charge on any atom is -0.493 e. The van der Waals surface area contributed by atoms with Crippen molar-refractivity contribution in [3.8, 4) is 5.75 Å². The standard InChI is InChI=1S/C25H34N4O2/c1-2-26-25(27-11-9-20-7-8-24-21(17-20)10-14-31-24)28-18-22-5-3-4-6-23(22)19-29-12-15-30-16-13-29/h3-8,17H,2,9-16,18-19H2,1H3,(H2,26,27,28). The molecule has 2 N–H and O–H groups in total. The maximum absolute atomic E-state index is 5.61. The molecule has 0 aromatic heterocycles. The largest absolute Gasteiger partial charge is 0.493 e. The predicted molar refractivity (Wildman–Crippen MR) is 125 cm³/mol. The Morgan fingerprint density at radius 1 is 1.03 bits per heavy atom. The van der Waals surface area contributed by atoms with Gasteiger partial charge in [0.25, 0.3) is 0 Å². The third kappa shape index (κ3) is 6.21. The SMILES string of the molecule is CCNC(=NCc1ccccc1CN1CCOCC1)NCCc1ccc2c(c1)CCO2. The van der Waals surface area contributed by atoms with Gasteiger partial charge in [0, 0.05) is 39.1 Å². The summed E-state index contributed by atoms with van der Waals surface area (Å²) < 4.78 is 11.1. The van der Waals surface area contributed by atoms with E-state index in [-0.39, 0.29) is 0 Å².